The minimum Gasteiger partial charge on any atom is -0.348 e. The van der Waals surface area contributed by atoms with Gasteiger partial charge in [-0.3, -0.25) is 4.79 Å². The highest BCUT2D eigenvalue weighted by Gasteiger charge is 2.40. The molecule has 3 aliphatic heterocycles. The third-order valence-corrected chi connectivity index (χ3v) is 8.85. The molecule has 4 aliphatic rings. The van der Waals surface area contributed by atoms with E-state index in [4.69, 9.17) is 0 Å². The Kier molecular flexibility index (Phi) is 5.72. The highest BCUT2D eigenvalue weighted by Crippen LogP contribution is 2.38. The Labute approximate surface area is 211 Å². The van der Waals surface area contributed by atoms with Gasteiger partial charge >= 0.3 is 6.18 Å². The van der Waals surface area contributed by atoms with E-state index >= 15 is 0 Å². The Balaban J connectivity index is 1.19. The lowest BCUT2D eigenvalue weighted by atomic mass is 9.92. The number of amides is 1. The van der Waals surface area contributed by atoms with Gasteiger partial charge in [0.2, 0.25) is 0 Å². The molecule has 1 N–H and O–H groups in total. The fourth-order valence-corrected chi connectivity index (χ4v) is 6.71. The molecule has 1 amide bonds. The van der Waals surface area contributed by atoms with Crippen LogP contribution >= 0.6 is 11.3 Å². The zero-order valence-electron chi connectivity index (χ0n) is 19.7. The Morgan fingerprint density at radius 2 is 1.83 bits per heavy atom. The number of benzene rings is 1. The molecule has 0 radical (unpaired) electrons. The molecule has 186 valence electrons. The van der Waals surface area contributed by atoms with Gasteiger partial charge in [-0.2, -0.15) is 18.3 Å². The Bertz CT molecular complexity index is 1340. The van der Waals surface area contributed by atoms with Gasteiger partial charge in [0.1, 0.15) is 0 Å². The van der Waals surface area contributed by atoms with Crippen LogP contribution in [0.15, 0.2) is 64.3 Å². The van der Waals surface area contributed by atoms with Gasteiger partial charge in [0.25, 0.3) is 5.91 Å². The number of fused-ring (bicyclic) bond motifs is 3. The summed E-state index contributed by atoms with van der Waals surface area (Å²) in [6.45, 7) is 0. The smallest absolute Gasteiger partial charge is 0.348 e. The number of carbonyl (C=O) groups is 1. The van der Waals surface area contributed by atoms with Crippen molar-refractivity contribution in [3.05, 3.63) is 64.6 Å². The summed E-state index contributed by atoms with van der Waals surface area (Å²) >= 11 is 1.43. The van der Waals surface area contributed by atoms with Gasteiger partial charge in [-0.15, -0.1) is 16.4 Å². The van der Waals surface area contributed by atoms with Gasteiger partial charge < -0.3 is 10.2 Å². The quantitative estimate of drug-likeness (QED) is 0.574. The number of hydrogen-bond acceptors (Lipinski definition) is 5. The van der Waals surface area contributed by atoms with E-state index in [9.17, 15) is 18.0 Å². The second-order valence-electron chi connectivity index (χ2n) is 9.85. The van der Waals surface area contributed by atoms with Crippen molar-refractivity contribution in [1.29, 1.82) is 0 Å². The molecule has 5 nitrogen and oxygen atoms in total. The van der Waals surface area contributed by atoms with Crippen LogP contribution in [0.4, 0.5) is 13.2 Å². The lowest BCUT2D eigenvalue weighted by Crippen LogP contribution is -2.50. The number of piperidine rings is 1. The van der Waals surface area contributed by atoms with E-state index in [1.807, 2.05) is 24.3 Å². The van der Waals surface area contributed by atoms with Gasteiger partial charge in [-0.05, 0) is 74.2 Å². The standard InChI is InChI=1S/C27H25F3N4OS/c1-34-19-6-7-20(34)14-18(13-19)31-26(35)25-21-12-16(5-8-22(21)32-33-25)24-10-9-23(36-24)15-3-2-4-17(11-15)27(28,29)30/h2-5,9-12,18-20H,6-8,13-14H2,1H3,(H,31,35). The number of allylic oxidation sites excluding steroid dienone is 3. The molecule has 2 fully saturated rings. The second-order valence-corrected chi connectivity index (χ2v) is 10.9. The van der Waals surface area contributed by atoms with Crippen LogP contribution in [0.3, 0.4) is 0 Å². The SMILES string of the molecule is CN1C2CCC1CC(NC(=O)C1=NN=C3CC=C(c4ccc(-c5cccc(C(F)(F)F)c5)s4)C=C31)C2. The van der Waals surface area contributed by atoms with Crippen molar-refractivity contribution in [2.24, 2.45) is 10.2 Å². The maximum absolute atomic E-state index is 13.2. The van der Waals surface area contributed by atoms with E-state index in [-0.39, 0.29) is 11.9 Å². The number of alkyl halides is 3. The molecule has 36 heavy (non-hydrogen) atoms. The fourth-order valence-electron chi connectivity index (χ4n) is 5.70. The summed E-state index contributed by atoms with van der Waals surface area (Å²) in [5, 5.41) is 11.6. The highest BCUT2D eigenvalue weighted by atomic mass is 32.1. The summed E-state index contributed by atoms with van der Waals surface area (Å²) in [4.78, 5) is 17.3. The van der Waals surface area contributed by atoms with E-state index in [2.05, 4.69) is 27.5 Å². The minimum absolute atomic E-state index is 0.143. The number of carbonyl (C=O) groups excluding carboxylic acids is 1. The van der Waals surface area contributed by atoms with E-state index in [0.29, 0.717) is 29.8 Å². The molecule has 1 aliphatic carbocycles. The molecule has 2 aromatic rings. The number of rotatable bonds is 4. The van der Waals surface area contributed by atoms with Crippen molar-refractivity contribution < 1.29 is 18.0 Å². The van der Waals surface area contributed by atoms with Gasteiger partial charge in [-0.1, -0.05) is 18.2 Å². The summed E-state index contributed by atoms with van der Waals surface area (Å²) in [5.74, 6) is -0.189. The molecule has 6 rings (SSSR count). The molecule has 0 saturated carbocycles. The van der Waals surface area contributed by atoms with Crippen molar-refractivity contribution in [2.45, 2.75) is 56.4 Å². The zero-order valence-corrected chi connectivity index (χ0v) is 20.5. The molecule has 9 heteroatoms. The lowest BCUT2D eigenvalue weighted by Gasteiger charge is -2.36. The molecule has 4 heterocycles. The Hall–Kier alpha value is -3.04. The third kappa shape index (κ3) is 4.24. The molecule has 1 aromatic carbocycles. The predicted octanol–water partition coefficient (Wildman–Crippen LogP) is 5.70. The number of nitrogens with one attached hydrogen (secondary N) is 1. The number of thiophene rings is 1. The normalized spacial score (nSPS) is 25.6. The Morgan fingerprint density at radius 3 is 2.58 bits per heavy atom. The summed E-state index contributed by atoms with van der Waals surface area (Å²) < 4.78 is 39.4. The van der Waals surface area contributed by atoms with Crippen molar-refractivity contribution in [3.8, 4) is 10.4 Å². The van der Waals surface area contributed by atoms with Crippen molar-refractivity contribution in [2.75, 3.05) is 7.05 Å². The number of hydrogen-bond donors (Lipinski definition) is 1. The topological polar surface area (TPSA) is 57.1 Å². The average molecular weight is 511 g/mol. The molecule has 2 atom stereocenters. The van der Waals surface area contributed by atoms with Gasteiger partial charge in [0.15, 0.2) is 5.71 Å². The van der Waals surface area contributed by atoms with Crippen LogP contribution < -0.4 is 5.32 Å². The molecule has 2 unspecified atom stereocenters. The van der Waals surface area contributed by atoms with Gasteiger partial charge in [0.05, 0.1) is 11.3 Å². The first-order valence-electron chi connectivity index (χ1n) is 12.1. The largest absolute Gasteiger partial charge is 0.416 e. The Morgan fingerprint density at radius 1 is 1.08 bits per heavy atom. The van der Waals surface area contributed by atoms with Crippen LogP contribution in [-0.2, 0) is 11.0 Å². The summed E-state index contributed by atoms with van der Waals surface area (Å²) in [5.41, 5.74) is 2.63. The maximum Gasteiger partial charge on any atom is 0.416 e. The predicted molar refractivity (Wildman–Crippen MR) is 136 cm³/mol. The van der Waals surface area contributed by atoms with E-state index in [0.717, 1.165) is 45.5 Å². The van der Waals surface area contributed by atoms with Crippen LogP contribution in [0.2, 0.25) is 0 Å². The third-order valence-electron chi connectivity index (χ3n) is 7.67. The van der Waals surface area contributed by atoms with Crippen LogP contribution in [0.5, 0.6) is 0 Å². The van der Waals surface area contributed by atoms with Gasteiger partial charge in [0, 0.05) is 39.9 Å². The molecule has 0 spiro atoms. The summed E-state index contributed by atoms with van der Waals surface area (Å²) in [6.07, 6.45) is 4.40. The fraction of sp³-hybridized carbons (Fsp3) is 0.370. The summed E-state index contributed by atoms with van der Waals surface area (Å²) in [7, 11) is 2.17. The number of halogens is 3. The second kappa shape index (κ2) is 8.81. The van der Waals surface area contributed by atoms with Crippen molar-refractivity contribution >= 4 is 34.2 Å². The van der Waals surface area contributed by atoms with Crippen LogP contribution in [0.25, 0.3) is 16.0 Å². The first-order chi connectivity index (χ1) is 17.3. The van der Waals surface area contributed by atoms with E-state index < -0.39 is 11.7 Å². The van der Waals surface area contributed by atoms with E-state index in [1.54, 1.807) is 6.07 Å². The monoisotopic (exact) mass is 510 g/mol. The molecule has 2 bridgehead atoms. The molecular formula is C27H25F3N4OS. The van der Waals surface area contributed by atoms with Crippen LogP contribution in [0.1, 0.15) is 42.5 Å². The first kappa shape index (κ1) is 23.4. The van der Waals surface area contributed by atoms with E-state index in [1.165, 1.54) is 36.3 Å². The maximum atomic E-state index is 13.2. The zero-order chi connectivity index (χ0) is 25.0. The average Bonchev–Trinajstić information content (AvgIpc) is 3.55. The van der Waals surface area contributed by atoms with Gasteiger partial charge in [-0.25, -0.2) is 0 Å². The summed E-state index contributed by atoms with van der Waals surface area (Å²) in [6, 6.07) is 10.3. The first-order valence-corrected chi connectivity index (χ1v) is 13.0. The molecular weight excluding hydrogens is 485 g/mol. The van der Waals surface area contributed by atoms with Crippen molar-refractivity contribution in [1.82, 2.24) is 10.2 Å². The highest BCUT2D eigenvalue weighted by molar-refractivity contribution is 7.16. The van der Waals surface area contributed by atoms with Crippen LogP contribution in [-0.4, -0.2) is 47.4 Å². The lowest BCUT2D eigenvalue weighted by molar-refractivity contribution is -0.137. The molecule has 1 aromatic heterocycles. The number of nitrogens with zero attached hydrogens (tertiary/aromatic N) is 3. The van der Waals surface area contributed by atoms with Crippen molar-refractivity contribution in [3.63, 3.8) is 0 Å². The minimum atomic E-state index is -4.38. The molecule has 2 saturated heterocycles. The van der Waals surface area contributed by atoms with Crippen LogP contribution in [0, 0.1) is 0 Å².